The van der Waals surface area contributed by atoms with Gasteiger partial charge in [-0.25, -0.2) is 4.39 Å². The molecule has 1 aromatic heterocycles. The van der Waals surface area contributed by atoms with Gasteiger partial charge in [-0.2, -0.15) is 8.75 Å². The predicted molar refractivity (Wildman–Crippen MR) is 70.5 cm³/mol. The zero-order chi connectivity index (χ0) is 11.8. The zero-order valence-electron chi connectivity index (χ0n) is 8.52. The molecule has 0 N–H and O–H groups in total. The predicted octanol–water partition coefficient (Wildman–Crippen LogP) is 4.26. The van der Waals surface area contributed by atoms with Crippen LogP contribution in [-0.4, -0.2) is 8.75 Å². The lowest BCUT2D eigenvalue weighted by Gasteiger charge is -2.04. The van der Waals surface area contributed by atoms with Crippen LogP contribution < -0.4 is 0 Å². The summed E-state index contributed by atoms with van der Waals surface area (Å²) in [6.07, 6.45) is 0. The van der Waals surface area contributed by atoms with Crippen LogP contribution in [-0.2, 0) is 0 Å². The van der Waals surface area contributed by atoms with Gasteiger partial charge in [0.2, 0.25) is 0 Å². The molecular formula is C12H6BrFN2S. The Kier molecular flexibility index (Phi) is 2.64. The van der Waals surface area contributed by atoms with Crippen LogP contribution in [0.25, 0.3) is 22.2 Å². The number of aromatic nitrogens is 2. The van der Waals surface area contributed by atoms with E-state index < -0.39 is 0 Å². The van der Waals surface area contributed by atoms with Crippen molar-refractivity contribution in [1.29, 1.82) is 0 Å². The van der Waals surface area contributed by atoms with Crippen LogP contribution >= 0.6 is 27.7 Å². The minimum Gasteiger partial charge on any atom is -0.206 e. The van der Waals surface area contributed by atoms with E-state index in [1.165, 1.54) is 6.07 Å². The molecule has 1 heterocycles. The van der Waals surface area contributed by atoms with E-state index >= 15 is 0 Å². The maximum absolute atomic E-state index is 13.9. The monoisotopic (exact) mass is 308 g/mol. The van der Waals surface area contributed by atoms with E-state index in [1.807, 2.05) is 24.3 Å². The van der Waals surface area contributed by atoms with Crippen molar-refractivity contribution >= 4 is 38.7 Å². The van der Waals surface area contributed by atoms with Gasteiger partial charge in [-0.3, -0.25) is 0 Å². The molecule has 3 rings (SSSR count). The molecule has 0 unspecified atom stereocenters. The molecule has 2 aromatic carbocycles. The lowest BCUT2D eigenvalue weighted by molar-refractivity contribution is 0.633. The molecule has 0 atom stereocenters. The first-order valence-electron chi connectivity index (χ1n) is 4.92. The summed E-state index contributed by atoms with van der Waals surface area (Å²) < 4.78 is 23.1. The normalized spacial score (nSPS) is 10.9. The van der Waals surface area contributed by atoms with Crippen molar-refractivity contribution < 1.29 is 4.39 Å². The van der Waals surface area contributed by atoms with Crippen LogP contribution in [0.2, 0.25) is 0 Å². The quantitative estimate of drug-likeness (QED) is 0.671. The first-order chi connectivity index (χ1) is 8.25. The standard InChI is InChI=1S/C12H6BrFN2S/c13-8-3-1-7(2-4-8)11-9(14)5-6-10-12(11)16-17-15-10/h1-6H. The molecule has 84 valence electrons. The van der Waals surface area contributed by atoms with Crippen molar-refractivity contribution in [2.24, 2.45) is 0 Å². The summed E-state index contributed by atoms with van der Waals surface area (Å²) in [5.74, 6) is -0.271. The minimum atomic E-state index is -0.271. The Hall–Kier alpha value is -1.33. The fourth-order valence-corrected chi connectivity index (χ4v) is 2.52. The summed E-state index contributed by atoms with van der Waals surface area (Å²) in [4.78, 5) is 0. The van der Waals surface area contributed by atoms with Crippen LogP contribution in [0.4, 0.5) is 4.39 Å². The Morgan fingerprint density at radius 2 is 1.76 bits per heavy atom. The highest BCUT2D eigenvalue weighted by Crippen LogP contribution is 2.30. The van der Waals surface area contributed by atoms with Crippen molar-refractivity contribution in [3.05, 3.63) is 46.7 Å². The molecule has 17 heavy (non-hydrogen) atoms. The molecule has 0 aliphatic rings. The Balaban J connectivity index is 2.31. The smallest absolute Gasteiger partial charge is 0.133 e. The van der Waals surface area contributed by atoms with Gasteiger partial charge in [0.05, 0.1) is 11.7 Å². The number of halogens is 2. The summed E-state index contributed by atoms with van der Waals surface area (Å²) in [6, 6.07) is 10.6. The topological polar surface area (TPSA) is 25.8 Å². The van der Waals surface area contributed by atoms with Gasteiger partial charge < -0.3 is 0 Å². The van der Waals surface area contributed by atoms with Crippen molar-refractivity contribution in [2.75, 3.05) is 0 Å². The summed E-state index contributed by atoms with van der Waals surface area (Å²) in [5, 5.41) is 0. The van der Waals surface area contributed by atoms with E-state index in [0.29, 0.717) is 11.1 Å². The van der Waals surface area contributed by atoms with E-state index in [1.54, 1.807) is 6.07 Å². The highest BCUT2D eigenvalue weighted by atomic mass is 79.9. The highest BCUT2D eigenvalue weighted by molar-refractivity contribution is 9.10. The third-order valence-corrected chi connectivity index (χ3v) is 3.58. The number of fused-ring (bicyclic) bond motifs is 1. The number of benzene rings is 2. The molecule has 2 nitrogen and oxygen atoms in total. The summed E-state index contributed by atoms with van der Waals surface area (Å²) in [6.45, 7) is 0. The largest absolute Gasteiger partial charge is 0.206 e. The second-order valence-electron chi connectivity index (χ2n) is 3.56. The molecule has 0 saturated heterocycles. The molecule has 0 bridgehead atoms. The second kappa shape index (κ2) is 4.16. The number of hydrogen-bond acceptors (Lipinski definition) is 3. The fraction of sp³-hybridized carbons (Fsp3) is 0. The fourth-order valence-electron chi connectivity index (χ4n) is 1.72. The van der Waals surface area contributed by atoms with E-state index in [9.17, 15) is 4.39 Å². The Bertz CT molecular complexity index is 679. The van der Waals surface area contributed by atoms with Crippen LogP contribution in [0, 0.1) is 5.82 Å². The van der Waals surface area contributed by atoms with Gasteiger partial charge in [-0.15, -0.1) is 0 Å². The molecular weight excluding hydrogens is 303 g/mol. The van der Waals surface area contributed by atoms with E-state index in [-0.39, 0.29) is 5.82 Å². The Labute approximate surface area is 110 Å². The molecule has 0 radical (unpaired) electrons. The average Bonchev–Trinajstić information content (AvgIpc) is 2.79. The van der Waals surface area contributed by atoms with Gasteiger partial charge in [0, 0.05) is 10.0 Å². The first-order valence-corrected chi connectivity index (χ1v) is 6.45. The molecule has 0 spiro atoms. The molecule has 0 aliphatic carbocycles. The maximum Gasteiger partial charge on any atom is 0.133 e. The Morgan fingerprint density at radius 1 is 1.00 bits per heavy atom. The lowest BCUT2D eigenvalue weighted by atomic mass is 10.0. The number of rotatable bonds is 1. The Morgan fingerprint density at radius 3 is 2.53 bits per heavy atom. The summed E-state index contributed by atoms with van der Waals surface area (Å²) >= 11 is 4.46. The number of nitrogens with zero attached hydrogens (tertiary/aromatic N) is 2. The van der Waals surface area contributed by atoms with E-state index in [2.05, 4.69) is 24.7 Å². The molecule has 0 saturated carbocycles. The van der Waals surface area contributed by atoms with Crippen molar-refractivity contribution in [3.8, 4) is 11.1 Å². The molecule has 5 heteroatoms. The average molecular weight is 309 g/mol. The third-order valence-electron chi connectivity index (χ3n) is 2.51. The van der Waals surface area contributed by atoms with E-state index in [0.717, 1.165) is 27.3 Å². The second-order valence-corrected chi connectivity index (χ2v) is 5.01. The van der Waals surface area contributed by atoms with Crippen molar-refractivity contribution in [3.63, 3.8) is 0 Å². The van der Waals surface area contributed by atoms with Gasteiger partial charge in [0.1, 0.15) is 16.9 Å². The summed E-state index contributed by atoms with van der Waals surface area (Å²) in [5.41, 5.74) is 2.68. The minimum absolute atomic E-state index is 0.271. The number of hydrogen-bond donors (Lipinski definition) is 0. The van der Waals surface area contributed by atoms with Crippen molar-refractivity contribution in [2.45, 2.75) is 0 Å². The van der Waals surface area contributed by atoms with Gasteiger partial charge in [0.15, 0.2) is 0 Å². The molecule has 0 aliphatic heterocycles. The molecule has 0 fully saturated rings. The van der Waals surface area contributed by atoms with Crippen LogP contribution in [0.15, 0.2) is 40.9 Å². The highest BCUT2D eigenvalue weighted by Gasteiger charge is 2.12. The summed E-state index contributed by atoms with van der Waals surface area (Å²) in [7, 11) is 0. The van der Waals surface area contributed by atoms with Gasteiger partial charge >= 0.3 is 0 Å². The lowest BCUT2D eigenvalue weighted by Crippen LogP contribution is -1.86. The van der Waals surface area contributed by atoms with Gasteiger partial charge in [-0.1, -0.05) is 28.1 Å². The zero-order valence-corrected chi connectivity index (χ0v) is 10.9. The van der Waals surface area contributed by atoms with Crippen LogP contribution in [0.1, 0.15) is 0 Å². The van der Waals surface area contributed by atoms with Gasteiger partial charge in [0.25, 0.3) is 0 Å². The van der Waals surface area contributed by atoms with Crippen molar-refractivity contribution in [1.82, 2.24) is 8.75 Å². The van der Waals surface area contributed by atoms with Gasteiger partial charge in [-0.05, 0) is 29.8 Å². The third kappa shape index (κ3) is 1.85. The molecule has 3 aromatic rings. The maximum atomic E-state index is 13.9. The first kappa shape index (κ1) is 10.8. The van der Waals surface area contributed by atoms with E-state index in [4.69, 9.17) is 0 Å². The molecule has 0 amide bonds. The SMILES string of the molecule is Fc1ccc2nsnc2c1-c1ccc(Br)cc1. The van der Waals surface area contributed by atoms with Crippen LogP contribution in [0.3, 0.4) is 0 Å². The van der Waals surface area contributed by atoms with Crippen LogP contribution in [0.5, 0.6) is 0 Å².